The summed E-state index contributed by atoms with van der Waals surface area (Å²) in [5, 5.41) is 2.78. The zero-order chi connectivity index (χ0) is 16.0. The molecule has 0 fully saturated rings. The van der Waals surface area contributed by atoms with Crippen LogP contribution in [0.15, 0.2) is 60.7 Å². The van der Waals surface area contributed by atoms with E-state index in [9.17, 15) is 9.59 Å². The molecule has 0 aromatic heterocycles. The summed E-state index contributed by atoms with van der Waals surface area (Å²) in [7, 11) is 0. The first-order valence-corrected chi connectivity index (χ1v) is 7.18. The lowest BCUT2D eigenvalue weighted by atomic mass is 9.83. The van der Waals surface area contributed by atoms with Crippen molar-refractivity contribution in [2.24, 2.45) is 5.73 Å². The maximum Gasteiger partial charge on any atom is 0.243 e. The van der Waals surface area contributed by atoms with Crippen LogP contribution in [0, 0.1) is 0 Å². The van der Waals surface area contributed by atoms with E-state index >= 15 is 0 Å². The molecule has 4 nitrogen and oxygen atoms in total. The van der Waals surface area contributed by atoms with Crippen LogP contribution in [-0.2, 0) is 22.4 Å². The van der Waals surface area contributed by atoms with Gasteiger partial charge in [-0.3, -0.25) is 9.59 Å². The minimum Gasteiger partial charge on any atom is -0.368 e. The maximum absolute atomic E-state index is 12.2. The number of nitrogens with two attached hydrogens (primary N) is 1. The molecule has 2 aromatic carbocycles. The minimum atomic E-state index is -1.13. The predicted octanol–water partition coefficient (Wildman–Crippen LogP) is 1.83. The normalized spacial score (nSPS) is 11.0. The van der Waals surface area contributed by atoms with E-state index in [1.54, 1.807) is 0 Å². The Kier molecular flexibility index (Phi) is 4.94. The van der Waals surface area contributed by atoms with Crippen LogP contribution in [-0.4, -0.2) is 17.4 Å². The Morgan fingerprint density at radius 3 is 1.64 bits per heavy atom. The number of hydrogen-bond donors (Lipinski definition) is 2. The van der Waals surface area contributed by atoms with Crippen LogP contribution in [0.1, 0.15) is 18.1 Å². The number of primary amides is 1. The van der Waals surface area contributed by atoms with Gasteiger partial charge in [-0.2, -0.15) is 0 Å². The molecule has 4 heteroatoms. The van der Waals surface area contributed by atoms with Crippen molar-refractivity contribution >= 4 is 11.8 Å². The summed E-state index contributed by atoms with van der Waals surface area (Å²) in [6.07, 6.45) is 0.718. The topological polar surface area (TPSA) is 72.2 Å². The molecule has 0 saturated heterocycles. The van der Waals surface area contributed by atoms with Crippen LogP contribution in [0.3, 0.4) is 0 Å². The average molecular weight is 296 g/mol. The van der Waals surface area contributed by atoms with E-state index < -0.39 is 11.4 Å². The third-order valence-corrected chi connectivity index (χ3v) is 3.58. The molecule has 2 aromatic rings. The molecule has 0 bridgehead atoms. The second-order valence-electron chi connectivity index (χ2n) is 5.45. The third-order valence-electron chi connectivity index (χ3n) is 3.58. The fraction of sp³-hybridized carbons (Fsp3) is 0.222. The first-order chi connectivity index (χ1) is 10.5. The van der Waals surface area contributed by atoms with Crippen molar-refractivity contribution in [1.29, 1.82) is 0 Å². The summed E-state index contributed by atoms with van der Waals surface area (Å²) in [6.45, 7) is 1.40. The maximum atomic E-state index is 12.2. The lowest BCUT2D eigenvalue weighted by molar-refractivity contribution is -0.130. The zero-order valence-electron chi connectivity index (χ0n) is 12.6. The first-order valence-electron chi connectivity index (χ1n) is 7.18. The van der Waals surface area contributed by atoms with E-state index in [1.807, 2.05) is 60.7 Å². The second kappa shape index (κ2) is 6.89. The van der Waals surface area contributed by atoms with Crippen molar-refractivity contribution in [2.45, 2.75) is 25.3 Å². The number of benzene rings is 2. The molecule has 0 aliphatic heterocycles. The van der Waals surface area contributed by atoms with Crippen molar-refractivity contribution in [1.82, 2.24) is 5.32 Å². The molecule has 0 unspecified atom stereocenters. The van der Waals surface area contributed by atoms with Crippen LogP contribution < -0.4 is 11.1 Å². The van der Waals surface area contributed by atoms with E-state index in [1.165, 1.54) is 6.92 Å². The summed E-state index contributed by atoms with van der Waals surface area (Å²) >= 11 is 0. The largest absolute Gasteiger partial charge is 0.368 e. The van der Waals surface area contributed by atoms with Gasteiger partial charge in [-0.05, 0) is 11.1 Å². The van der Waals surface area contributed by atoms with Gasteiger partial charge in [0.15, 0.2) is 0 Å². The SMILES string of the molecule is CC(=O)NC(Cc1ccccc1)(Cc1ccccc1)C(N)=O. The Morgan fingerprint density at radius 2 is 1.32 bits per heavy atom. The predicted molar refractivity (Wildman–Crippen MR) is 86.0 cm³/mol. The number of rotatable bonds is 6. The third kappa shape index (κ3) is 3.95. The lowest BCUT2D eigenvalue weighted by Gasteiger charge is -2.31. The van der Waals surface area contributed by atoms with Gasteiger partial charge in [0.25, 0.3) is 0 Å². The van der Waals surface area contributed by atoms with E-state index in [2.05, 4.69) is 5.32 Å². The summed E-state index contributed by atoms with van der Waals surface area (Å²) in [5.41, 5.74) is 6.43. The van der Waals surface area contributed by atoms with Crippen molar-refractivity contribution < 1.29 is 9.59 Å². The number of amides is 2. The van der Waals surface area contributed by atoms with Crippen LogP contribution in [0.4, 0.5) is 0 Å². The Balaban J connectivity index is 2.37. The molecule has 0 saturated carbocycles. The monoisotopic (exact) mass is 296 g/mol. The molecule has 0 aliphatic rings. The van der Waals surface area contributed by atoms with Crippen LogP contribution >= 0.6 is 0 Å². The van der Waals surface area contributed by atoms with Gasteiger partial charge >= 0.3 is 0 Å². The molecule has 0 radical (unpaired) electrons. The summed E-state index contributed by atoms with van der Waals surface area (Å²) < 4.78 is 0. The Bertz CT molecular complexity index is 597. The standard InChI is InChI=1S/C18H20N2O2/c1-14(21)20-18(17(19)22,12-15-8-4-2-5-9-15)13-16-10-6-3-7-11-16/h2-11H,12-13H2,1H3,(H2,19,22)(H,20,21). The molecular formula is C18H20N2O2. The summed E-state index contributed by atoms with van der Waals surface area (Å²) in [5.74, 6) is -0.805. The molecule has 2 amide bonds. The number of nitrogens with one attached hydrogen (secondary N) is 1. The number of hydrogen-bond acceptors (Lipinski definition) is 2. The van der Waals surface area contributed by atoms with Gasteiger partial charge in [-0.25, -0.2) is 0 Å². The Labute approximate surface area is 130 Å². The smallest absolute Gasteiger partial charge is 0.243 e. The van der Waals surface area contributed by atoms with E-state index in [-0.39, 0.29) is 5.91 Å². The first kappa shape index (κ1) is 15.8. The van der Waals surface area contributed by atoms with E-state index in [0.717, 1.165) is 11.1 Å². The Hall–Kier alpha value is -2.62. The highest BCUT2D eigenvalue weighted by molar-refractivity contribution is 5.90. The average Bonchev–Trinajstić information content (AvgIpc) is 2.48. The van der Waals surface area contributed by atoms with Crippen LogP contribution in [0.25, 0.3) is 0 Å². The van der Waals surface area contributed by atoms with Crippen molar-refractivity contribution in [2.75, 3.05) is 0 Å². The second-order valence-corrected chi connectivity index (χ2v) is 5.45. The lowest BCUT2D eigenvalue weighted by Crippen LogP contribution is -2.60. The van der Waals surface area contributed by atoms with Crippen molar-refractivity contribution in [3.05, 3.63) is 71.8 Å². The molecule has 22 heavy (non-hydrogen) atoms. The highest BCUT2D eigenvalue weighted by atomic mass is 16.2. The molecule has 2 rings (SSSR count). The van der Waals surface area contributed by atoms with Gasteiger partial charge in [0.05, 0.1) is 0 Å². The molecular weight excluding hydrogens is 276 g/mol. The van der Waals surface area contributed by atoms with Gasteiger partial charge in [0.1, 0.15) is 5.54 Å². The minimum absolute atomic E-state index is 0.273. The molecule has 0 aliphatic carbocycles. The van der Waals surface area contributed by atoms with Crippen LogP contribution in [0.2, 0.25) is 0 Å². The molecule has 0 heterocycles. The quantitative estimate of drug-likeness (QED) is 0.853. The van der Waals surface area contributed by atoms with Gasteiger partial charge < -0.3 is 11.1 Å². The van der Waals surface area contributed by atoms with E-state index in [0.29, 0.717) is 12.8 Å². The molecule has 0 atom stereocenters. The van der Waals surface area contributed by atoms with E-state index in [4.69, 9.17) is 5.73 Å². The highest BCUT2D eigenvalue weighted by Crippen LogP contribution is 2.20. The summed E-state index contributed by atoms with van der Waals surface area (Å²) in [6, 6.07) is 19.1. The fourth-order valence-electron chi connectivity index (χ4n) is 2.61. The number of carbonyl (C=O) groups is 2. The van der Waals surface area contributed by atoms with Crippen molar-refractivity contribution in [3.63, 3.8) is 0 Å². The van der Waals surface area contributed by atoms with Gasteiger partial charge in [0.2, 0.25) is 11.8 Å². The number of carbonyl (C=O) groups excluding carboxylic acids is 2. The molecule has 3 N–H and O–H groups in total. The fourth-order valence-corrected chi connectivity index (χ4v) is 2.61. The zero-order valence-corrected chi connectivity index (χ0v) is 12.6. The van der Waals surface area contributed by atoms with Crippen molar-refractivity contribution in [3.8, 4) is 0 Å². The molecule has 0 spiro atoms. The van der Waals surface area contributed by atoms with Gasteiger partial charge in [-0.15, -0.1) is 0 Å². The van der Waals surface area contributed by atoms with Gasteiger partial charge in [-0.1, -0.05) is 60.7 Å². The Morgan fingerprint density at radius 1 is 0.909 bits per heavy atom. The highest BCUT2D eigenvalue weighted by Gasteiger charge is 2.37. The van der Waals surface area contributed by atoms with Gasteiger partial charge in [0, 0.05) is 19.8 Å². The van der Waals surface area contributed by atoms with Crippen LogP contribution in [0.5, 0.6) is 0 Å². The summed E-state index contributed by atoms with van der Waals surface area (Å²) in [4.78, 5) is 23.8. The molecule has 114 valence electrons.